The van der Waals surface area contributed by atoms with Crippen molar-refractivity contribution in [1.82, 2.24) is 29.5 Å². The lowest BCUT2D eigenvalue weighted by atomic mass is 9.91. The number of nitrogens with zero attached hydrogens (tertiary/aromatic N) is 8. The number of aromatic nitrogens is 6. The van der Waals surface area contributed by atoms with Crippen LogP contribution in [0, 0.1) is 28.5 Å². The van der Waals surface area contributed by atoms with Gasteiger partial charge in [-0.3, -0.25) is 0 Å². The topological polar surface area (TPSA) is 140 Å². The Morgan fingerprint density at radius 1 is 0.763 bits per heavy atom. The normalized spacial score (nSPS) is 20.4. The molecule has 4 heterocycles. The molecule has 0 saturated carbocycles. The maximum atomic E-state index is 13.3. The van der Waals surface area contributed by atoms with Gasteiger partial charge in [-0.1, -0.05) is 131 Å². The number of halogens is 8. The van der Waals surface area contributed by atoms with Gasteiger partial charge in [-0.05, 0) is 42.3 Å². The number of benzene rings is 4. The lowest BCUT2D eigenvalue weighted by molar-refractivity contribution is -0.189. The molecule has 4 atom stereocenters. The molecule has 0 radical (unpaired) electrons. The minimum atomic E-state index is -0.963. The Morgan fingerprint density at radius 3 is 1.95 bits per heavy atom. The average molecular weight is 938 g/mol. The van der Waals surface area contributed by atoms with Gasteiger partial charge < -0.3 is 14.2 Å². The van der Waals surface area contributed by atoms with E-state index in [0.29, 0.717) is 34.8 Å². The van der Waals surface area contributed by atoms with E-state index >= 15 is 0 Å². The van der Waals surface area contributed by atoms with Crippen LogP contribution in [0.2, 0.25) is 35.2 Å². The van der Waals surface area contributed by atoms with Gasteiger partial charge in [-0.25, -0.2) is 23.7 Å². The molecule has 4 unspecified atom stereocenters. The summed E-state index contributed by atoms with van der Waals surface area (Å²) in [5, 5.41) is 27.3. The van der Waals surface area contributed by atoms with E-state index in [1.54, 1.807) is 58.4 Å². The van der Waals surface area contributed by atoms with Crippen LogP contribution in [0.4, 0.5) is 4.39 Å². The van der Waals surface area contributed by atoms with E-state index in [-0.39, 0.29) is 49.2 Å². The first-order chi connectivity index (χ1) is 28.4. The van der Waals surface area contributed by atoms with Crippen molar-refractivity contribution in [3.05, 3.63) is 161 Å². The van der Waals surface area contributed by atoms with E-state index in [1.165, 1.54) is 24.8 Å². The van der Waals surface area contributed by atoms with Crippen molar-refractivity contribution in [3.8, 4) is 12.1 Å². The highest BCUT2D eigenvalue weighted by Crippen LogP contribution is 2.59. The molecule has 0 bridgehead atoms. The Hall–Kier alpha value is -4.02. The van der Waals surface area contributed by atoms with Crippen molar-refractivity contribution in [2.24, 2.45) is 0 Å². The van der Waals surface area contributed by atoms with Gasteiger partial charge >= 0.3 is 0 Å². The molecule has 2 fully saturated rings. The first-order valence-electron chi connectivity index (χ1n) is 17.6. The monoisotopic (exact) mass is 934 g/mol. The predicted molar refractivity (Wildman–Crippen MR) is 223 cm³/mol. The molecule has 2 aliphatic rings. The van der Waals surface area contributed by atoms with Crippen LogP contribution in [-0.4, -0.2) is 42.2 Å². The largest absolute Gasteiger partial charge is 0.354 e. The molecule has 59 heavy (non-hydrogen) atoms. The Labute approximate surface area is 373 Å². The van der Waals surface area contributed by atoms with Gasteiger partial charge in [0.05, 0.1) is 55.5 Å². The van der Waals surface area contributed by atoms with Crippen molar-refractivity contribution < 1.29 is 18.6 Å². The quantitative estimate of drug-likeness (QED) is 0.0787. The summed E-state index contributed by atoms with van der Waals surface area (Å²) in [4.78, 5) is 7.94. The van der Waals surface area contributed by atoms with Crippen LogP contribution in [-0.2, 0) is 38.7 Å². The third kappa shape index (κ3) is 9.97. The van der Waals surface area contributed by atoms with E-state index < -0.39 is 11.4 Å². The van der Waals surface area contributed by atoms with Crippen molar-refractivity contribution >= 4 is 81.2 Å². The summed E-state index contributed by atoms with van der Waals surface area (Å²) < 4.78 is 35.0. The highest BCUT2D eigenvalue weighted by Gasteiger charge is 2.59. The van der Waals surface area contributed by atoms with E-state index in [9.17, 15) is 4.39 Å². The Bertz CT molecular complexity index is 2440. The molecular formula is C40H30Cl7FN8O3. The first kappa shape index (κ1) is 44.5. The Kier molecular flexibility index (Phi) is 14.8. The standard InChI is InChI=1S/C17H13ClFN3O.C15H17Cl2N3O2.C8Cl4N2/c18-15-4-2-1-3-14(15)16-17(23-16,9-22-11-20-10-21-22)12-5-7-13(19)8-6-12;1-2-3-12-7-21-15(22-12,8-20-10-18-9-19-20)13-5-4-11(16)6-14(13)17;9-5-3(1-13)6(10)8(12)7(11)4(5)2-14/h1-8,10-11,16H,9H2;4-6,9-10,12H,2-3,7-8H2,1H3;. The molecular weight excluding hydrogens is 908 g/mol. The first-order valence-corrected chi connectivity index (χ1v) is 20.3. The highest BCUT2D eigenvalue weighted by atomic mass is 35.5. The molecule has 2 aliphatic heterocycles. The molecule has 6 aromatic rings. The van der Waals surface area contributed by atoms with Crippen molar-refractivity contribution in [2.75, 3.05) is 6.61 Å². The van der Waals surface area contributed by atoms with E-state index in [1.807, 2.05) is 30.3 Å². The number of epoxide rings is 1. The number of hydrogen-bond donors (Lipinski definition) is 0. The average Bonchev–Trinajstić information content (AvgIpc) is 3.66. The molecule has 0 aliphatic carbocycles. The van der Waals surface area contributed by atoms with Gasteiger partial charge in [0.1, 0.15) is 61.5 Å². The van der Waals surface area contributed by atoms with E-state index in [4.69, 9.17) is 106 Å². The summed E-state index contributed by atoms with van der Waals surface area (Å²) in [6.45, 7) is 3.51. The van der Waals surface area contributed by atoms with E-state index in [2.05, 4.69) is 27.1 Å². The van der Waals surface area contributed by atoms with Crippen LogP contribution >= 0.6 is 81.2 Å². The second-order valence-electron chi connectivity index (χ2n) is 13.0. The van der Waals surface area contributed by atoms with Crippen LogP contribution in [0.5, 0.6) is 0 Å². The zero-order valence-corrected chi connectivity index (χ0v) is 36.0. The zero-order valence-electron chi connectivity index (χ0n) is 30.7. The third-order valence-electron chi connectivity index (χ3n) is 9.21. The minimum absolute atomic E-state index is 0.0363. The molecule has 2 aromatic heterocycles. The molecule has 0 N–H and O–H groups in total. The molecule has 304 valence electrons. The van der Waals surface area contributed by atoms with Gasteiger partial charge in [0.25, 0.3) is 0 Å². The summed E-state index contributed by atoms with van der Waals surface area (Å²) in [7, 11) is 0. The van der Waals surface area contributed by atoms with Gasteiger partial charge in [-0.2, -0.15) is 20.7 Å². The fraction of sp³-hybridized carbons (Fsp3) is 0.250. The highest BCUT2D eigenvalue weighted by molar-refractivity contribution is 6.50. The van der Waals surface area contributed by atoms with E-state index in [0.717, 1.165) is 29.5 Å². The summed E-state index contributed by atoms with van der Waals surface area (Å²) in [5.74, 6) is -1.24. The predicted octanol–water partition coefficient (Wildman–Crippen LogP) is 11.4. The minimum Gasteiger partial charge on any atom is -0.354 e. The second-order valence-corrected chi connectivity index (χ2v) is 15.8. The molecule has 11 nitrogen and oxygen atoms in total. The smallest absolute Gasteiger partial charge is 0.217 e. The fourth-order valence-electron chi connectivity index (χ4n) is 6.39. The number of nitriles is 2. The third-order valence-corrected chi connectivity index (χ3v) is 11.8. The summed E-state index contributed by atoms with van der Waals surface area (Å²) in [6.07, 6.45) is 8.03. The molecule has 19 heteroatoms. The van der Waals surface area contributed by atoms with Crippen LogP contribution in [0.1, 0.15) is 53.7 Å². The molecule has 2 saturated heterocycles. The molecule has 4 aromatic carbocycles. The van der Waals surface area contributed by atoms with Crippen molar-refractivity contribution in [3.63, 3.8) is 0 Å². The van der Waals surface area contributed by atoms with Gasteiger partial charge in [0.15, 0.2) is 0 Å². The SMILES string of the molecule is CCCC1COC(Cn2cncn2)(c2ccc(Cl)cc2Cl)O1.Fc1ccc(C2(Cn3cncn3)OC2c2ccccc2Cl)cc1.N#Cc1c(Cl)c(Cl)c(Cl)c(C#N)c1Cl. The fourth-order valence-corrected chi connectivity index (χ4v) is 8.25. The summed E-state index contributed by atoms with van der Waals surface area (Å²) >= 11 is 41.5. The lowest BCUT2D eigenvalue weighted by Gasteiger charge is -2.29. The van der Waals surface area contributed by atoms with Crippen LogP contribution < -0.4 is 0 Å². The van der Waals surface area contributed by atoms with Gasteiger partial charge in [-0.15, -0.1) is 0 Å². The maximum absolute atomic E-state index is 13.3. The van der Waals surface area contributed by atoms with Crippen LogP contribution in [0.25, 0.3) is 0 Å². The second kappa shape index (κ2) is 19.6. The number of rotatable bonds is 9. The Balaban J connectivity index is 0.000000154. The van der Waals surface area contributed by atoms with Gasteiger partial charge in [0, 0.05) is 21.2 Å². The van der Waals surface area contributed by atoms with Crippen molar-refractivity contribution in [2.45, 2.75) is 56.5 Å². The van der Waals surface area contributed by atoms with Crippen LogP contribution in [0.15, 0.2) is 92.0 Å². The molecule has 8 rings (SSSR count). The van der Waals surface area contributed by atoms with Crippen LogP contribution in [0.3, 0.4) is 0 Å². The number of hydrogen-bond acceptors (Lipinski definition) is 9. The van der Waals surface area contributed by atoms with Gasteiger partial charge in [0.2, 0.25) is 5.79 Å². The molecule has 0 amide bonds. The molecule has 0 spiro atoms. The number of ether oxygens (including phenoxy) is 3. The lowest BCUT2D eigenvalue weighted by Crippen LogP contribution is -2.34. The zero-order chi connectivity index (χ0) is 42.3. The Morgan fingerprint density at radius 2 is 1.39 bits per heavy atom. The maximum Gasteiger partial charge on any atom is 0.217 e. The summed E-state index contributed by atoms with van der Waals surface area (Å²) in [6, 6.07) is 22.8. The van der Waals surface area contributed by atoms with Crippen molar-refractivity contribution in [1.29, 1.82) is 10.5 Å². The summed E-state index contributed by atoms with van der Waals surface area (Å²) in [5.41, 5.74) is 1.86.